The van der Waals surface area contributed by atoms with E-state index >= 15 is 0 Å². The Morgan fingerprint density at radius 1 is 1.31 bits per heavy atom. The highest BCUT2D eigenvalue weighted by atomic mass is 16.5. The van der Waals surface area contributed by atoms with E-state index in [0.717, 1.165) is 51.9 Å². The average Bonchev–Trinajstić information content (AvgIpc) is 2.39. The molecule has 0 aromatic heterocycles. The van der Waals surface area contributed by atoms with E-state index in [1.807, 2.05) is 4.90 Å². The number of amides is 1. The lowest BCUT2D eigenvalue weighted by atomic mass is 9.96. The summed E-state index contributed by atoms with van der Waals surface area (Å²) in [6, 6.07) is 0. The second kappa shape index (κ2) is 5.64. The molecular formula is C12H22N2O2. The Hall–Kier alpha value is -0.610. The summed E-state index contributed by atoms with van der Waals surface area (Å²) in [5, 5.41) is 3.30. The zero-order valence-electron chi connectivity index (χ0n) is 10.1. The van der Waals surface area contributed by atoms with Crippen LogP contribution in [-0.4, -0.2) is 50.2 Å². The number of nitrogens with one attached hydrogen (secondary N) is 1. The topological polar surface area (TPSA) is 41.6 Å². The number of hydrogen-bond acceptors (Lipinski definition) is 3. The highest BCUT2D eigenvalue weighted by Crippen LogP contribution is 2.18. The summed E-state index contributed by atoms with van der Waals surface area (Å²) >= 11 is 0. The predicted molar refractivity (Wildman–Crippen MR) is 62.2 cm³/mol. The molecule has 4 heteroatoms. The molecule has 2 aliphatic rings. The summed E-state index contributed by atoms with van der Waals surface area (Å²) in [6.07, 6.45) is 4.51. The van der Waals surface area contributed by atoms with Crippen molar-refractivity contribution >= 4 is 5.91 Å². The van der Waals surface area contributed by atoms with Crippen LogP contribution in [-0.2, 0) is 9.53 Å². The SMILES string of the molecule is COC1CCN(C(=O)[C@@H]2CCCNC2)CC1. The number of piperidine rings is 2. The molecule has 1 N–H and O–H groups in total. The smallest absolute Gasteiger partial charge is 0.226 e. The number of likely N-dealkylation sites (tertiary alicyclic amines) is 1. The monoisotopic (exact) mass is 226 g/mol. The molecule has 2 fully saturated rings. The van der Waals surface area contributed by atoms with Gasteiger partial charge in [-0.05, 0) is 32.2 Å². The predicted octanol–water partition coefficient (Wildman–Crippen LogP) is 0.623. The highest BCUT2D eigenvalue weighted by molar-refractivity contribution is 5.79. The molecule has 16 heavy (non-hydrogen) atoms. The summed E-state index contributed by atoms with van der Waals surface area (Å²) in [7, 11) is 1.76. The lowest BCUT2D eigenvalue weighted by Crippen LogP contribution is -2.47. The van der Waals surface area contributed by atoms with Crippen molar-refractivity contribution in [2.24, 2.45) is 5.92 Å². The molecule has 4 nitrogen and oxygen atoms in total. The van der Waals surface area contributed by atoms with Crippen molar-refractivity contribution in [2.75, 3.05) is 33.3 Å². The third kappa shape index (κ3) is 2.74. The van der Waals surface area contributed by atoms with Gasteiger partial charge < -0.3 is 15.0 Å². The fourth-order valence-corrected chi connectivity index (χ4v) is 2.63. The second-order valence-corrected chi connectivity index (χ2v) is 4.80. The van der Waals surface area contributed by atoms with Gasteiger partial charge in [-0.2, -0.15) is 0 Å². The number of hydrogen-bond donors (Lipinski definition) is 1. The minimum Gasteiger partial charge on any atom is -0.381 e. The van der Waals surface area contributed by atoms with E-state index in [2.05, 4.69) is 5.32 Å². The third-order valence-corrected chi connectivity index (χ3v) is 3.73. The molecule has 0 bridgehead atoms. The number of carbonyl (C=O) groups excluding carboxylic acids is 1. The molecule has 2 saturated heterocycles. The van der Waals surface area contributed by atoms with Crippen LogP contribution in [0.4, 0.5) is 0 Å². The van der Waals surface area contributed by atoms with Crippen molar-refractivity contribution in [1.82, 2.24) is 10.2 Å². The molecule has 0 spiro atoms. The maximum atomic E-state index is 12.2. The maximum absolute atomic E-state index is 12.2. The average molecular weight is 226 g/mol. The van der Waals surface area contributed by atoms with Crippen LogP contribution in [0.15, 0.2) is 0 Å². The summed E-state index contributed by atoms with van der Waals surface area (Å²) in [5.41, 5.74) is 0. The largest absolute Gasteiger partial charge is 0.381 e. The molecule has 1 amide bonds. The van der Waals surface area contributed by atoms with Gasteiger partial charge in [0, 0.05) is 26.7 Å². The molecule has 2 heterocycles. The van der Waals surface area contributed by atoms with E-state index in [9.17, 15) is 4.79 Å². The number of methoxy groups -OCH3 is 1. The van der Waals surface area contributed by atoms with Crippen LogP contribution in [0.25, 0.3) is 0 Å². The summed E-state index contributed by atoms with van der Waals surface area (Å²) in [5.74, 6) is 0.564. The van der Waals surface area contributed by atoms with Crippen molar-refractivity contribution < 1.29 is 9.53 Å². The van der Waals surface area contributed by atoms with E-state index in [0.29, 0.717) is 12.0 Å². The molecule has 0 aromatic carbocycles. The van der Waals surface area contributed by atoms with Crippen molar-refractivity contribution in [3.63, 3.8) is 0 Å². The van der Waals surface area contributed by atoms with Crippen LogP contribution < -0.4 is 5.32 Å². The van der Waals surface area contributed by atoms with Crippen LogP contribution in [0.2, 0.25) is 0 Å². The summed E-state index contributed by atoms with van der Waals surface area (Å²) in [6.45, 7) is 3.67. The van der Waals surface area contributed by atoms with Crippen LogP contribution >= 0.6 is 0 Å². The van der Waals surface area contributed by atoms with Crippen molar-refractivity contribution in [3.05, 3.63) is 0 Å². The fourth-order valence-electron chi connectivity index (χ4n) is 2.63. The Morgan fingerprint density at radius 2 is 2.06 bits per heavy atom. The van der Waals surface area contributed by atoms with Crippen molar-refractivity contribution in [2.45, 2.75) is 31.8 Å². The van der Waals surface area contributed by atoms with Crippen molar-refractivity contribution in [1.29, 1.82) is 0 Å². The Kier molecular flexibility index (Phi) is 4.18. The minimum atomic E-state index is 0.216. The van der Waals surface area contributed by atoms with Gasteiger partial charge in [0.2, 0.25) is 5.91 Å². The Labute approximate surface area is 97.3 Å². The van der Waals surface area contributed by atoms with Gasteiger partial charge in [-0.3, -0.25) is 4.79 Å². The van der Waals surface area contributed by atoms with Gasteiger partial charge in [-0.15, -0.1) is 0 Å². The standard InChI is InChI=1S/C12H22N2O2/c1-16-11-4-7-14(8-5-11)12(15)10-3-2-6-13-9-10/h10-11,13H,2-9H2,1H3/t10-/m1/s1. The number of rotatable bonds is 2. The molecule has 92 valence electrons. The van der Waals surface area contributed by atoms with Gasteiger partial charge in [0.15, 0.2) is 0 Å². The third-order valence-electron chi connectivity index (χ3n) is 3.73. The first-order valence-corrected chi connectivity index (χ1v) is 6.33. The first kappa shape index (κ1) is 11.9. The van der Waals surface area contributed by atoms with Crippen LogP contribution in [0.5, 0.6) is 0 Å². The Morgan fingerprint density at radius 3 is 2.62 bits per heavy atom. The zero-order valence-corrected chi connectivity index (χ0v) is 10.1. The van der Waals surface area contributed by atoms with Gasteiger partial charge in [0.05, 0.1) is 12.0 Å². The van der Waals surface area contributed by atoms with Gasteiger partial charge >= 0.3 is 0 Å². The zero-order chi connectivity index (χ0) is 11.4. The number of ether oxygens (including phenoxy) is 1. The van der Waals surface area contributed by atoms with Gasteiger partial charge in [0.25, 0.3) is 0 Å². The van der Waals surface area contributed by atoms with Gasteiger partial charge in [-0.1, -0.05) is 0 Å². The summed E-state index contributed by atoms with van der Waals surface area (Å²) < 4.78 is 5.31. The molecule has 0 radical (unpaired) electrons. The van der Waals surface area contributed by atoms with Crippen LogP contribution in [0, 0.1) is 5.92 Å². The Balaban J connectivity index is 1.81. The van der Waals surface area contributed by atoms with Crippen LogP contribution in [0.3, 0.4) is 0 Å². The maximum Gasteiger partial charge on any atom is 0.226 e. The van der Waals surface area contributed by atoms with E-state index in [1.165, 1.54) is 0 Å². The lowest BCUT2D eigenvalue weighted by Gasteiger charge is -2.34. The first-order chi connectivity index (χ1) is 7.81. The molecule has 0 unspecified atom stereocenters. The lowest BCUT2D eigenvalue weighted by molar-refractivity contribution is -0.138. The number of carbonyl (C=O) groups is 1. The fraction of sp³-hybridized carbons (Fsp3) is 0.917. The van der Waals surface area contributed by atoms with Crippen molar-refractivity contribution in [3.8, 4) is 0 Å². The minimum absolute atomic E-state index is 0.216. The van der Waals surface area contributed by atoms with E-state index in [4.69, 9.17) is 4.74 Å². The normalized spacial score (nSPS) is 28.1. The molecule has 0 aliphatic carbocycles. The summed E-state index contributed by atoms with van der Waals surface area (Å²) in [4.78, 5) is 14.2. The van der Waals surface area contributed by atoms with Gasteiger partial charge in [-0.25, -0.2) is 0 Å². The van der Waals surface area contributed by atoms with E-state index in [-0.39, 0.29) is 5.92 Å². The van der Waals surface area contributed by atoms with Crippen LogP contribution in [0.1, 0.15) is 25.7 Å². The first-order valence-electron chi connectivity index (χ1n) is 6.33. The molecule has 2 rings (SSSR count). The second-order valence-electron chi connectivity index (χ2n) is 4.80. The molecular weight excluding hydrogens is 204 g/mol. The molecule has 1 atom stereocenters. The van der Waals surface area contributed by atoms with Gasteiger partial charge in [0.1, 0.15) is 0 Å². The van der Waals surface area contributed by atoms with E-state index in [1.54, 1.807) is 7.11 Å². The highest BCUT2D eigenvalue weighted by Gasteiger charge is 2.28. The quantitative estimate of drug-likeness (QED) is 0.750. The molecule has 0 saturated carbocycles. The van der Waals surface area contributed by atoms with E-state index < -0.39 is 0 Å². The number of nitrogens with zero attached hydrogens (tertiary/aromatic N) is 1. The molecule has 2 aliphatic heterocycles. The Bertz CT molecular complexity index is 231. The molecule has 0 aromatic rings.